The molecule has 0 spiro atoms. The van der Waals surface area contributed by atoms with E-state index in [1.165, 1.54) is 0 Å². The minimum atomic E-state index is -5.08. The van der Waals surface area contributed by atoms with Crippen molar-refractivity contribution in [2.45, 2.75) is 53.8 Å². The van der Waals surface area contributed by atoms with Crippen LogP contribution in [0.2, 0.25) is 0 Å². The Labute approximate surface area is 248 Å². The summed E-state index contributed by atoms with van der Waals surface area (Å²) in [5.74, 6) is -3.78. The number of anilines is 2. The van der Waals surface area contributed by atoms with Crippen LogP contribution in [0.4, 0.5) is 24.5 Å². The third-order valence-corrected chi connectivity index (χ3v) is 7.40. The minimum Gasteiger partial charge on any atom is -0.475 e. The Morgan fingerprint density at radius 1 is 0.881 bits per heavy atom. The first-order chi connectivity index (χ1) is 19.8. The number of amides is 2. The molecule has 2 amide bonds. The standard InChI is InChI=1S/C27H48N6O2.C2HF3O2/c1-7-29(8-2)14-16-33(17-15-30(9-3)10-4)27(35)26(34)28-24-12-11-13-25(22-24)32-20-18-31(19-21-32)23(5)6;3-2(4,5)1(6)7/h11-13,22-23H,7-10,14-21H2,1-6H3,(H,28,34);(H,6,7). The van der Waals surface area contributed by atoms with E-state index in [9.17, 15) is 22.8 Å². The lowest BCUT2D eigenvalue weighted by molar-refractivity contribution is -0.192. The first-order valence-corrected chi connectivity index (χ1v) is 14.7. The van der Waals surface area contributed by atoms with Crippen LogP contribution in [0.5, 0.6) is 0 Å². The van der Waals surface area contributed by atoms with Crippen molar-refractivity contribution in [2.75, 3.05) is 88.8 Å². The van der Waals surface area contributed by atoms with Gasteiger partial charge in [0.2, 0.25) is 0 Å². The summed E-state index contributed by atoms with van der Waals surface area (Å²) in [6, 6.07) is 8.41. The Hall–Kier alpha value is -2.90. The molecule has 2 rings (SSSR count). The third-order valence-electron chi connectivity index (χ3n) is 7.40. The Kier molecular flexibility index (Phi) is 16.4. The number of carbonyl (C=O) groups excluding carboxylic acids is 2. The molecule has 2 N–H and O–H groups in total. The number of hydrogen-bond acceptors (Lipinski definition) is 7. The van der Waals surface area contributed by atoms with E-state index in [0.717, 1.165) is 71.1 Å². The van der Waals surface area contributed by atoms with Gasteiger partial charge in [-0.15, -0.1) is 0 Å². The maximum Gasteiger partial charge on any atom is 0.490 e. The van der Waals surface area contributed by atoms with Crippen LogP contribution in [0.25, 0.3) is 0 Å². The van der Waals surface area contributed by atoms with E-state index in [0.29, 0.717) is 24.8 Å². The van der Waals surface area contributed by atoms with Crippen molar-refractivity contribution in [3.63, 3.8) is 0 Å². The van der Waals surface area contributed by atoms with Crippen LogP contribution in [0.15, 0.2) is 24.3 Å². The molecule has 1 aliphatic rings. The largest absolute Gasteiger partial charge is 0.490 e. The number of rotatable bonds is 13. The van der Waals surface area contributed by atoms with Crippen LogP contribution >= 0.6 is 0 Å². The number of likely N-dealkylation sites (N-methyl/N-ethyl adjacent to an activating group) is 2. The zero-order valence-corrected chi connectivity index (χ0v) is 25.9. The van der Waals surface area contributed by atoms with Crippen LogP contribution in [0.1, 0.15) is 41.5 Å². The zero-order valence-electron chi connectivity index (χ0n) is 25.9. The summed E-state index contributed by atoms with van der Waals surface area (Å²) >= 11 is 0. The molecule has 0 unspecified atom stereocenters. The molecule has 0 radical (unpaired) electrons. The average Bonchev–Trinajstić information content (AvgIpc) is 2.96. The molecule has 0 aliphatic carbocycles. The van der Waals surface area contributed by atoms with Crippen molar-refractivity contribution >= 4 is 29.2 Å². The normalized spacial score (nSPS) is 14.1. The molecule has 1 aliphatic heterocycles. The lowest BCUT2D eigenvalue weighted by atomic mass is 10.2. The van der Waals surface area contributed by atoms with Crippen molar-refractivity contribution in [3.8, 4) is 0 Å². The number of halogens is 3. The Bertz CT molecular complexity index is 947. The summed E-state index contributed by atoms with van der Waals surface area (Å²) in [6.45, 7) is 23.3. The van der Waals surface area contributed by atoms with Crippen LogP contribution < -0.4 is 10.2 Å². The number of alkyl halides is 3. The molecule has 1 fully saturated rings. The summed E-state index contributed by atoms with van der Waals surface area (Å²) in [6.07, 6.45) is -5.08. The summed E-state index contributed by atoms with van der Waals surface area (Å²) in [5, 5.41) is 9.99. The smallest absolute Gasteiger partial charge is 0.475 e. The van der Waals surface area contributed by atoms with Crippen LogP contribution in [0, 0.1) is 0 Å². The monoisotopic (exact) mass is 602 g/mol. The second-order valence-corrected chi connectivity index (χ2v) is 10.3. The number of piperazine rings is 1. The molecule has 42 heavy (non-hydrogen) atoms. The lowest BCUT2D eigenvalue weighted by Gasteiger charge is -2.38. The molecule has 0 saturated carbocycles. The highest BCUT2D eigenvalue weighted by atomic mass is 19.4. The van der Waals surface area contributed by atoms with Crippen molar-refractivity contribution in [1.82, 2.24) is 19.6 Å². The lowest BCUT2D eigenvalue weighted by Crippen LogP contribution is -2.49. The van der Waals surface area contributed by atoms with E-state index >= 15 is 0 Å². The van der Waals surface area contributed by atoms with Gasteiger partial charge in [-0.25, -0.2) is 4.79 Å². The molecule has 1 aromatic rings. The van der Waals surface area contributed by atoms with Gasteiger partial charge in [0.25, 0.3) is 0 Å². The molecule has 0 atom stereocenters. The van der Waals surface area contributed by atoms with E-state index in [1.54, 1.807) is 4.90 Å². The summed E-state index contributed by atoms with van der Waals surface area (Å²) < 4.78 is 31.7. The third kappa shape index (κ3) is 13.0. The second-order valence-electron chi connectivity index (χ2n) is 10.3. The van der Waals surface area contributed by atoms with Gasteiger partial charge in [-0.2, -0.15) is 13.2 Å². The first kappa shape index (κ1) is 37.1. The summed E-state index contributed by atoms with van der Waals surface area (Å²) in [5.41, 5.74) is 1.75. The topological polar surface area (TPSA) is 99.7 Å². The highest BCUT2D eigenvalue weighted by Crippen LogP contribution is 2.21. The van der Waals surface area contributed by atoms with Crippen LogP contribution in [-0.4, -0.2) is 133 Å². The van der Waals surface area contributed by atoms with Crippen LogP contribution in [-0.2, 0) is 14.4 Å². The van der Waals surface area contributed by atoms with Crippen molar-refractivity contribution in [3.05, 3.63) is 24.3 Å². The number of nitrogens with zero attached hydrogens (tertiary/aromatic N) is 5. The number of hydrogen-bond donors (Lipinski definition) is 2. The SMILES string of the molecule is CCN(CC)CCN(CCN(CC)CC)C(=O)C(=O)Nc1cccc(N2CCN(C(C)C)CC2)c1.O=C(O)C(F)(F)F. The maximum atomic E-state index is 13.2. The van der Waals surface area contributed by atoms with Crippen LogP contribution in [0.3, 0.4) is 0 Å². The molecular formula is C29H49F3N6O4. The molecule has 10 nitrogen and oxygen atoms in total. The minimum absolute atomic E-state index is 0.458. The van der Waals surface area contributed by atoms with Gasteiger partial charge < -0.3 is 30.0 Å². The van der Waals surface area contributed by atoms with E-state index < -0.39 is 24.0 Å². The fourth-order valence-corrected chi connectivity index (χ4v) is 4.52. The van der Waals surface area contributed by atoms with Gasteiger partial charge in [-0.1, -0.05) is 33.8 Å². The number of carboxylic acid groups (broad SMARTS) is 1. The molecule has 1 heterocycles. The Morgan fingerprint density at radius 3 is 1.76 bits per heavy atom. The fraction of sp³-hybridized carbons (Fsp3) is 0.690. The summed E-state index contributed by atoms with van der Waals surface area (Å²) in [4.78, 5) is 46.1. The molecule has 13 heteroatoms. The van der Waals surface area contributed by atoms with Gasteiger partial charge >= 0.3 is 24.0 Å². The second kappa shape index (κ2) is 18.6. The number of aliphatic carboxylic acids is 1. The Morgan fingerprint density at radius 2 is 1.36 bits per heavy atom. The average molecular weight is 603 g/mol. The number of carboxylic acids is 1. The van der Waals surface area contributed by atoms with Gasteiger partial charge in [0.15, 0.2) is 0 Å². The maximum absolute atomic E-state index is 13.2. The van der Waals surface area contributed by atoms with Gasteiger partial charge in [0.05, 0.1) is 0 Å². The highest BCUT2D eigenvalue weighted by molar-refractivity contribution is 6.39. The Balaban J connectivity index is 0.00000112. The fourth-order valence-electron chi connectivity index (χ4n) is 4.52. The van der Waals surface area contributed by atoms with Crippen molar-refractivity contribution < 1.29 is 32.7 Å². The van der Waals surface area contributed by atoms with Gasteiger partial charge in [0.1, 0.15) is 0 Å². The van der Waals surface area contributed by atoms with Crippen molar-refractivity contribution in [1.29, 1.82) is 0 Å². The van der Waals surface area contributed by atoms with Gasteiger partial charge in [0, 0.05) is 69.8 Å². The van der Waals surface area contributed by atoms with E-state index in [-0.39, 0.29) is 0 Å². The summed E-state index contributed by atoms with van der Waals surface area (Å²) in [7, 11) is 0. The molecule has 1 saturated heterocycles. The number of benzene rings is 1. The molecule has 240 valence electrons. The highest BCUT2D eigenvalue weighted by Gasteiger charge is 2.38. The molecule has 0 bridgehead atoms. The first-order valence-electron chi connectivity index (χ1n) is 14.7. The molecule has 1 aromatic carbocycles. The zero-order chi connectivity index (χ0) is 31.9. The van der Waals surface area contributed by atoms with E-state index in [4.69, 9.17) is 9.90 Å². The quantitative estimate of drug-likeness (QED) is 0.332. The van der Waals surface area contributed by atoms with Gasteiger partial charge in [-0.05, 0) is 58.2 Å². The van der Waals surface area contributed by atoms with E-state index in [1.807, 2.05) is 18.2 Å². The van der Waals surface area contributed by atoms with Gasteiger partial charge in [-0.3, -0.25) is 14.5 Å². The molecular weight excluding hydrogens is 553 g/mol. The predicted octanol–water partition coefficient (Wildman–Crippen LogP) is 3.30. The van der Waals surface area contributed by atoms with Crippen molar-refractivity contribution in [2.24, 2.45) is 0 Å². The predicted molar refractivity (Wildman–Crippen MR) is 160 cm³/mol. The molecule has 0 aromatic heterocycles. The van der Waals surface area contributed by atoms with E-state index in [2.05, 4.69) is 72.5 Å². The number of nitrogens with one attached hydrogen (secondary N) is 1. The number of carbonyl (C=O) groups is 3.